The van der Waals surface area contributed by atoms with E-state index in [0.29, 0.717) is 46.3 Å². The quantitative estimate of drug-likeness (QED) is 0.291. The summed E-state index contributed by atoms with van der Waals surface area (Å²) in [6.07, 6.45) is 2.13. The van der Waals surface area contributed by atoms with Gasteiger partial charge in [0.15, 0.2) is 16.7 Å². The van der Waals surface area contributed by atoms with Gasteiger partial charge in [0, 0.05) is 12.6 Å². The van der Waals surface area contributed by atoms with Crippen LogP contribution in [-0.4, -0.2) is 27.5 Å². The van der Waals surface area contributed by atoms with Crippen LogP contribution in [0.3, 0.4) is 0 Å². The number of aromatic nitrogens is 2. The number of nitrogens with zero attached hydrogens (tertiary/aromatic N) is 2. The van der Waals surface area contributed by atoms with Crippen LogP contribution in [-0.2, 0) is 17.9 Å². The summed E-state index contributed by atoms with van der Waals surface area (Å²) in [5.41, 5.74) is 2.45. The molecule has 0 radical (unpaired) electrons. The number of carbonyl (C=O) groups is 1. The van der Waals surface area contributed by atoms with Gasteiger partial charge in [-0.25, -0.2) is 4.98 Å². The minimum Gasteiger partial charge on any atom is -0.467 e. The molecule has 0 saturated carbocycles. The Morgan fingerprint density at radius 2 is 1.94 bits per heavy atom. The molecule has 1 aliphatic heterocycles. The molecule has 0 fully saturated rings. The molecule has 180 valence electrons. The molecule has 2 aromatic carbocycles. The molecule has 9 heteroatoms. The summed E-state index contributed by atoms with van der Waals surface area (Å²) in [6.45, 7) is 4.71. The molecule has 1 aliphatic rings. The summed E-state index contributed by atoms with van der Waals surface area (Å²) in [7, 11) is 0. The Morgan fingerprint density at radius 3 is 2.66 bits per heavy atom. The normalized spacial score (nSPS) is 13.2. The van der Waals surface area contributed by atoms with Crippen LogP contribution in [0.5, 0.6) is 11.5 Å². The number of carbonyl (C=O) groups excluding carboxylic acids is 1. The molecule has 1 N–H and O–H groups in total. The molecule has 0 bridgehead atoms. The van der Waals surface area contributed by atoms with Crippen LogP contribution in [0.15, 0.2) is 69.2 Å². The van der Waals surface area contributed by atoms with E-state index < -0.39 is 5.25 Å². The number of aryl methyl sites for hydroxylation is 1. The number of amides is 1. The molecule has 2 aromatic heterocycles. The topological polar surface area (TPSA) is 95.6 Å². The number of thioether (sulfide) groups is 1. The second-order valence-electron chi connectivity index (χ2n) is 8.31. The van der Waals surface area contributed by atoms with Crippen LogP contribution >= 0.6 is 11.8 Å². The number of hydrogen-bond acceptors (Lipinski definition) is 7. The van der Waals surface area contributed by atoms with E-state index >= 15 is 0 Å². The van der Waals surface area contributed by atoms with Crippen LogP contribution in [0, 0.1) is 6.92 Å². The van der Waals surface area contributed by atoms with Gasteiger partial charge < -0.3 is 19.2 Å². The average molecular weight is 492 g/mol. The summed E-state index contributed by atoms with van der Waals surface area (Å²) in [5.74, 6) is 1.57. The molecule has 35 heavy (non-hydrogen) atoms. The maximum absolute atomic E-state index is 13.5. The fourth-order valence-electron chi connectivity index (χ4n) is 3.84. The molecule has 1 amide bonds. The highest BCUT2D eigenvalue weighted by Crippen LogP contribution is 2.35. The number of benzene rings is 2. The average Bonchev–Trinajstić information content (AvgIpc) is 3.55. The Kier molecular flexibility index (Phi) is 6.50. The monoisotopic (exact) mass is 491 g/mol. The van der Waals surface area contributed by atoms with Crippen LogP contribution in [0.2, 0.25) is 0 Å². The van der Waals surface area contributed by atoms with Gasteiger partial charge >= 0.3 is 0 Å². The minimum absolute atomic E-state index is 0.104. The van der Waals surface area contributed by atoms with Gasteiger partial charge in [-0.2, -0.15) is 0 Å². The third kappa shape index (κ3) is 4.90. The van der Waals surface area contributed by atoms with Gasteiger partial charge in [-0.3, -0.25) is 14.2 Å². The SMILES string of the molecule is CC[C@@H](Sc1nc2cc3c(cc2c(=O)n1Cc1ccco1)OCO3)C(=O)NCc1ccc(C)cc1. The lowest BCUT2D eigenvalue weighted by molar-refractivity contribution is -0.120. The zero-order valence-electron chi connectivity index (χ0n) is 19.4. The Balaban J connectivity index is 1.45. The second kappa shape index (κ2) is 9.87. The minimum atomic E-state index is -0.429. The largest absolute Gasteiger partial charge is 0.467 e. The lowest BCUT2D eigenvalue weighted by atomic mass is 10.1. The van der Waals surface area contributed by atoms with Gasteiger partial charge in [0.1, 0.15) is 5.76 Å². The predicted octanol–water partition coefficient (Wildman–Crippen LogP) is 4.26. The Labute approximate surface area is 206 Å². The van der Waals surface area contributed by atoms with Crippen molar-refractivity contribution in [3.05, 3.63) is 82.0 Å². The zero-order valence-corrected chi connectivity index (χ0v) is 20.3. The van der Waals surface area contributed by atoms with Crippen molar-refractivity contribution in [3.63, 3.8) is 0 Å². The highest BCUT2D eigenvalue weighted by Gasteiger charge is 2.24. The van der Waals surface area contributed by atoms with E-state index in [1.54, 1.807) is 35.1 Å². The predicted molar refractivity (Wildman–Crippen MR) is 133 cm³/mol. The number of fused-ring (bicyclic) bond motifs is 2. The summed E-state index contributed by atoms with van der Waals surface area (Å²) < 4.78 is 17.9. The van der Waals surface area contributed by atoms with E-state index in [9.17, 15) is 9.59 Å². The lowest BCUT2D eigenvalue weighted by Crippen LogP contribution is -2.33. The highest BCUT2D eigenvalue weighted by atomic mass is 32.2. The van der Waals surface area contributed by atoms with Crippen molar-refractivity contribution in [1.82, 2.24) is 14.9 Å². The zero-order chi connectivity index (χ0) is 24.4. The number of ether oxygens (including phenoxy) is 2. The van der Waals surface area contributed by atoms with Crippen LogP contribution in [0.1, 0.15) is 30.2 Å². The molecular formula is C26H25N3O5S. The van der Waals surface area contributed by atoms with Crippen molar-refractivity contribution in [3.8, 4) is 11.5 Å². The fourth-order valence-corrected chi connectivity index (χ4v) is 4.87. The van der Waals surface area contributed by atoms with Crippen molar-refractivity contribution in [2.75, 3.05) is 6.79 Å². The standard InChI is InChI=1S/C26H25N3O5S/c1-3-23(24(30)27-13-17-8-6-16(2)7-9-17)35-26-28-20-12-22-21(33-15-34-22)11-19(20)25(31)29(26)14-18-5-4-10-32-18/h4-12,23H,3,13-15H2,1-2H3,(H,27,30)/t23-/m1/s1. The summed E-state index contributed by atoms with van der Waals surface area (Å²) in [6, 6.07) is 15.0. The molecule has 3 heterocycles. The van der Waals surface area contributed by atoms with E-state index in [0.717, 1.165) is 5.56 Å². The van der Waals surface area contributed by atoms with Crippen LogP contribution < -0.4 is 20.3 Å². The Hall–Kier alpha value is -3.72. The van der Waals surface area contributed by atoms with Crippen molar-refractivity contribution in [2.45, 2.75) is 43.8 Å². The van der Waals surface area contributed by atoms with E-state index in [1.165, 1.54) is 17.3 Å². The first-order valence-electron chi connectivity index (χ1n) is 11.4. The second-order valence-corrected chi connectivity index (χ2v) is 9.48. The van der Waals surface area contributed by atoms with Gasteiger partial charge in [0.25, 0.3) is 5.56 Å². The Bertz CT molecular complexity index is 1410. The van der Waals surface area contributed by atoms with Gasteiger partial charge in [-0.05, 0) is 37.1 Å². The van der Waals surface area contributed by atoms with Crippen molar-refractivity contribution < 1.29 is 18.7 Å². The number of hydrogen-bond donors (Lipinski definition) is 1. The molecule has 4 aromatic rings. The highest BCUT2D eigenvalue weighted by molar-refractivity contribution is 8.00. The third-order valence-corrected chi connectivity index (χ3v) is 7.16. The van der Waals surface area contributed by atoms with Crippen molar-refractivity contribution in [2.24, 2.45) is 0 Å². The molecular weight excluding hydrogens is 466 g/mol. The first-order valence-corrected chi connectivity index (χ1v) is 12.3. The van der Waals surface area contributed by atoms with Gasteiger partial charge in [-0.1, -0.05) is 48.5 Å². The molecule has 1 atom stereocenters. The number of furan rings is 1. The lowest BCUT2D eigenvalue weighted by Gasteiger charge is -2.18. The number of rotatable bonds is 8. The third-order valence-electron chi connectivity index (χ3n) is 5.81. The fraction of sp³-hybridized carbons (Fsp3) is 0.269. The van der Waals surface area contributed by atoms with E-state index in [2.05, 4.69) is 5.32 Å². The van der Waals surface area contributed by atoms with Gasteiger partial charge in [-0.15, -0.1) is 0 Å². The summed E-state index contributed by atoms with van der Waals surface area (Å²) >= 11 is 1.27. The first-order chi connectivity index (χ1) is 17.0. The van der Waals surface area contributed by atoms with E-state index in [4.69, 9.17) is 18.9 Å². The van der Waals surface area contributed by atoms with Crippen LogP contribution in [0.25, 0.3) is 10.9 Å². The van der Waals surface area contributed by atoms with E-state index in [-0.39, 0.29) is 24.8 Å². The van der Waals surface area contributed by atoms with Crippen molar-refractivity contribution in [1.29, 1.82) is 0 Å². The van der Waals surface area contributed by atoms with Gasteiger partial charge in [0.2, 0.25) is 12.7 Å². The molecule has 8 nitrogen and oxygen atoms in total. The molecule has 0 spiro atoms. The maximum Gasteiger partial charge on any atom is 0.262 e. The Morgan fingerprint density at radius 1 is 1.17 bits per heavy atom. The molecule has 5 rings (SSSR count). The number of nitrogens with one attached hydrogen (secondary N) is 1. The molecule has 0 aliphatic carbocycles. The van der Waals surface area contributed by atoms with Crippen molar-refractivity contribution >= 4 is 28.6 Å². The van der Waals surface area contributed by atoms with Crippen LogP contribution in [0.4, 0.5) is 0 Å². The maximum atomic E-state index is 13.5. The first kappa shape index (κ1) is 23.0. The molecule has 0 unspecified atom stereocenters. The smallest absolute Gasteiger partial charge is 0.262 e. The van der Waals surface area contributed by atoms with E-state index in [1.807, 2.05) is 38.1 Å². The summed E-state index contributed by atoms with van der Waals surface area (Å²) in [5, 5.41) is 3.44. The summed E-state index contributed by atoms with van der Waals surface area (Å²) in [4.78, 5) is 31.3. The van der Waals surface area contributed by atoms with Gasteiger partial charge in [0.05, 0.1) is 29.0 Å². The molecule has 0 saturated heterocycles.